The molecule has 1 N–H and O–H groups in total. The van der Waals surface area contributed by atoms with Gasteiger partial charge in [-0.05, 0) is 18.9 Å². The summed E-state index contributed by atoms with van der Waals surface area (Å²) in [4.78, 5) is 0. The lowest BCUT2D eigenvalue weighted by Crippen LogP contribution is -2.26. The van der Waals surface area contributed by atoms with Crippen molar-refractivity contribution in [3.8, 4) is 0 Å². The molecule has 1 aromatic rings. The first-order valence-corrected chi connectivity index (χ1v) is 5.49. The third-order valence-electron chi connectivity index (χ3n) is 1.98. The van der Waals surface area contributed by atoms with E-state index in [9.17, 15) is 0 Å². The summed E-state index contributed by atoms with van der Waals surface area (Å²) in [5.74, 6) is 0.565. The maximum absolute atomic E-state index is 4.26. The molecule has 0 bridgehead atoms. The maximum atomic E-state index is 4.26. The molecule has 0 fully saturated rings. The summed E-state index contributed by atoms with van der Waals surface area (Å²) in [6, 6.07) is 0.360. The van der Waals surface area contributed by atoms with E-state index in [2.05, 4.69) is 34.8 Å². The molecule has 0 aromatic carbocycles. The van der Waals surface area contributed by atoms with Gasteiger partial charge in [-0.1, -0.05) is 20.8 Å². The largest absolute Gasteiger partial charge is 0.308 e. The summed E-state index contributed by atoms with van der Waals surface area (Å²) >= 11 is 1.28. The Morgan fingerprint density at radius 3 is 2.77 bits per heavy atom. The summed E-state index contributed by atoms with van der Waals surface area (Å²) in [5, 5.41) is 3.48. The Balaban J connectivity index is 2.58. The lowest BCUT2D eigenvalue weighted by Gasteiger charge is -2.19. The molecule has 1 rings (SSSR count). The second kappa shape index (κ2) is 5.29. The van der Waals surface area contributed by atoms with Crippen LogP contribution in [0.1, 0.15) is 38.9 Å². The highest BCUT2D eigenvalue weighted by Crippen LogP contribution is 2.19. The molecule has 0 radical (unpaired) electrons. The highest BCUT2D eigenvalue weighted by molar-refractivity contribution is 6.99. The van der Waals surface area contributed by atoms with Crippen molar-refractivity contribution < 1.29 is 0 Å². The highest BCUT2D eigenvalue weighted by atomic mass is 32.1. The Morgan fingerprint density at radius 2 is 2.31 bits per heavy atom. The summed E-state index contributed by atoms with van der Waals surface area (Å²) in [5.41, 5.74) is 1.08. The predicted octanol–water partition coefficient (Wildman–Crippen LogP) is 2.23. The summed E-state index contributed by atoms with van der Waals surface area (Å²) < 4.78 is 8.28. The fraction of sp³-hybridized carbons (Fsp3) is 0.778. The second-order valence-electron chi connectivity index (χ2n) is 3.51. The molecule has 1 heterocycles. The first-order chi connectivity index (χ1) is 6.25. The van der Waals surface area contributed by atoms with Crippen LogP contribution in [0.4, 0.5) is 0 Å². The van der Waals surface area contributed by atoms with Gasteiger partial charge in [0.15, 0.2) is 0 Å². The van der Waals surface area contributed by atoms with E-state index < -0.39 is 0 Å². The summed E-state index contributed by atoms with van der Waals surface area (Å²) in [6.07, 6.45) is 3.01. The number of nitrogens with one attached hydrogen (secondary N) is 1. The van der Waals surface area contributed by atoms with E-state index in [4.69, 9.17) is 0 Å². The van der Waals surface area contributed by atoms with Crippen molar-refractivity contribution in [2.75, 3.05) is 6.54 Å². The molecule has 0 aliphatic carbocycles. The predicted molar refractivity (Wildman–Crippen MR) is 55.8 cm³/mol. The van der Waals surface area contributed by atoms with Crippen molar-refractivity contribution in [2.45, 2.75) is 33.2 Å². The average molecular weight is 199 g/mol. The number of rotatable bonds is 5. The van der Waals surface area contributed by atoms with Gasteiger partial charge in [-0.2, -0.15) is 8.75 Å². The minimum atomic E-state index is 0.360. The quantitative estimate of drug-likeness (QED) is 0.790. The van der Waals surface area contributed by atoms with Gasteiger partial charge in [-0.15, -0.1) is 0 Å². The Morgan fingerprint density at radius 1 is 1.54 bits per heavy atom. The van der Waals surface area contributed by atoms with Crippen LogP contribution in [0.5, 0.6) is 0 Å². The monoisotopic (exact) mass is 199 g/mol. The van der Waals surface area contributed by atoms with Crippen LogP contribution in [0.25, 0.3) is 0 Å². The van der Waals surface area contributed by atoms with Gasteiger partial charge in [0.25, 0.3) is 0 Å². The van der Waals surface area contributed by atoms with Gasteiger partial charge in [0.05, 0.1) is 29.7 Å². The smallest absolute Gasteiger partial charge is 0.0914 e. The molecule has 0 saturated carbocycles. The normalized spacial score (nSPS) is 13.5. The number of hydrogen-bond acceptors (Lipinski definition) is 4. The molecular weight excluding hydrogens is 182 g/mol. The SMILES string of the molecule is CCCNC(c1cnsn1)C(C)C. The Bertz CT molecular complexity index is 221. The van der Waals surface area contributed by atoms with Gasteiger partial charge in [-0.25, -0.2) is 0 Å². The Kier molecular flexibility index (Phi) is 4.32. The van der Waals surface area contributed by atoms with E-state index >= 15 is 0 Å². The van der Waals surface area contributed by atoms with E-state index in [1.54, 1.807) is 0 Å². The van der Waals surface area contributed by atoms with E-state index in [0.717, 1.165) is 18.7 Å². The maximum Gasteiger partial charge on any atom is 0.0914 e. The van der Waals surface area contributed by atoms with Crippen LogP contribution in [0.2, 0.25) is 0 Å². The fourth-order valence-corrected chi connectivity index (χ4v) is 1.75. The summed E-state index contributed by atoms with van der Waals surface area (Å²) in [7, 11) is 0. The number of nitrogens with zero attached hydrogens (tertiary/aromatic N) is 2. The third kappa shape index (κ3) is 3.04. The van der Waals surface area contributed by atoms with Crippen molar-refractivity contribution in [1.82, 2.24) is 14.1 Å². The first-order valence-electron chi connectivity index (χ1n) is 4.76. The van der Waals surface area contributed by atoms with Gasteiger partial charge in [0.1, 0.15) is 0 Å². The standard InChI is InChI=1S/C9H17N3S/c1-4-5-10-9(7(2)3)8-6-11-13-12-8/h6-7,9-10H,4-5H2,1-3H3. The molecule has 0 saturated heterocycles. The zero-order chi connectivity index (χ0) is 9.68. The molecule has 3 nitrogen and oxygen atoms in total. The van der Waals surface area contributed by atoms with Crippen molar-refractivity contribution >= 4 is 11.7 Å². The highest BCUT2D eigenvalue weighted by Gasteiger charge is 2.16. The van der Waals surface area contributed by atoms with Gasteiger partial charge in [-0.3, -0.25) is 0 Å². The van der Waals surface area contributed by atoms with Crippen LogP contribution in [0.3, 0.4) is 0 Å². The van der Waals surface area contributed by atoms with Crippen molar-refractivity contribution in [2.24, 2.45) is 5.92 Å². The average Bonchev–Trinajstić information content (AvgIpc) is 2.57. The molecule has 0 amide bonds. The Hall–Kier alpha value is -0.480. The van der Waals surface area contributed by atoms with Crippen molar-refractivity contribution in [3.63, 3.8) is 0 Å². The summed E-state index contributed by atoms with van der Waals surface area (Å²) in [6.45, 7) is 7.61. The molecule has 1 atom stereocenters. The Labute approximate surface area is 83.9 Å². The van der Waals surface area contributed by atoms with Gasteiger partial charge in [0.2, 0.25) is 0 Å². The van der Waals surface area contributed by atoms with Crippen LogP contribution in [-0.4, -0.2) is 15.3 Å². The van der Waals surface area contributed by atoms with Crippen LogP contribution < -0.4 is 5.32 Å². The van der Waals surface area contributed by atoms with Crippen LogP contribution >= 0.6 is 11.7 Å². The third-order valence-corrected chi connectivity index (χ3v) is 2.47. The topological polar surface area (TPSA) is 37.8 Å². The lowest BCUT2D eigenvalue weighted by molar-refractivity contribution is 0.406. The second-order valence-corrected chi connectivity index (χ2v) is 4.06. The van der Waals surface area contributed by atoms with Gasteiger partial charge < -0.3 is 5.32 Å². The van der Waals surface area contributed by atoms with Crippen molar-refractivity contribution in [1.29, 1.82) is 0 Å². The van der Waals surface area contributed by atoms with Crippen LogP contribution in [-0.2, 0) is 0 Å². The molecule has 0 aliphatic rings. The van der Waals surface area contributed by atoms with E-state index in [0.29, 0.717) is 12.0 Å². The molecule has 13 heavy (non-hydrogen) atoms. The molecule has 0 spiro atoms. The number of hydrogen-bond donors (Lipinski definition) is 1. The van der Waals surface area contributed by atoms with E-state index in [1.165, 1.54) is 11.7 Å². The minimum absolute atomic E-state index is 0.360. The van der Waals surface area contributed by atoms with Crippen LogP contribution in [0.15, 0.2) is 6.20 Å². The first kappa shape index (κ1) is 10.6. The molecular formula is C9H17N3S. The van der Waals surface area contributed by atoms with Gasteiger partial charge in [0, 0.05) is 0 Å². The minimum Gasteiger partial charge on any atom is -0.308 e. The molecule has 0 aliphatic heterocycles. The fourth-order valence-electron chi connectivity index (χ4n) is 1.29. The van der Waals surface area contributed by atoms with Crippen LogP contribution in [0, 0.1) is 5.92 Å². The van der Waals surface area contributed by atoms with Crippen molar-refractivity contribution in [3.05, 3.63) is 11.9 Å². The molecule has 4 heteroatoms. The van der Waals surface area contributed by atoms with E-state index in [-0.39, 0.29) is 0 Å². The number of aromatic nitrogens is 2. The zero-order valence-corrected chi connectivity index (χ0v) is 9.27. The molecule has 74 valence electrons. The van der Waals surface area contributed by atoms with E-state index in [1.807, 2.05) is 6.20 Å². The molecule has 1 unspecified atom stereocenters. The lowest BCUT2D eigenvalue weighted by atomic mass is 10.0. The molecule has 1 aromatic heterocycles. The van der Waals surface area contributed by atoms with Gasteiger partial charge >= 0.3 is 0 Å². The zero-order valence-electron chi connectivity index (χ0n) is 8.45.